The second kappa shape index (κ2) is 4.87. The lowest BCUT2D eigenvalue weighted by Crippen LogP contribution is -1.76. The molecule has 11 heavy (non-hydrogen) atoms. The molecule has 0 spiro atoms. The molecule has 58 valence electrons. The second-order valence-electron chi connectivity index (χ2n) is 2.16. The van der Waals surface area contributed by atoms with Gasteiger partial charge in [0.1, 0.15) is 0 Å². The van der Waals surface area contributed by atoms with E-state index < -0.39 is 0 Å². The fourth-order valence-electron chi connectivity index (χ4n) is 0.829. The Bertz CT molecular complexity index is 230. The van der Waals surface area contributed by atoms with Crippen LogP contribution in [-0.4, -0.2) is 0 Å². The van der Waals surface area contributed by atoms with Crippen LogP contribution < -0.4 is 0 Å². The summed E-state index contributed by atoms with van der Waals surface area (Å²) >= 11 is 6.51. The van der Waals surface area contributed by atoms with E-state index in [9.17, 15) is 0 Å². The Kier molecular flexibility index (Phi) is 4.06. The summed E-state index contributed by atoms with van der Waals surface area (Å²) in [7, 11) is 0. The summed E-state index contributed by atoms with van der Waals surface area (Å²) in [6.45, 7) is 3.11. The lowest BCUT2D eigenvalue weighted by Gasteiger charge is -1.96. The van der Waals surface area contributed by atoms with Gasteiger partial charge in [-0.05, 0) is 35.9 Å². The fraction of sp³-hybridized carbons (Fsp3) is 0.250. The third kappa shape index (κ3) is 2.90. The summed E-state index contributed by atoms with van der Waals surface area (Å²) in [5.74, 6) is 0. The van der Waals surface area contributed by atoms with Crippen molar-refractivity contribution < 1.29 is 0 Å². The van der Waals surface area contributed by atoms with E-state index in [1.807, 2.05) is 0 Å². The SMILES string of the molecule is CCc1ccc(SP=S)cc1. The third-order valence-electron chi connectivity index (χ3n) is 1.47. The fourth-order valence-corrected chi connectivity index (χ4v) is 2.57. The van der Waals surface area contributed by atoms with Crippen LogP contribution in [0.5, 0.6) is 0 Å². The van der Waals surface area contributed by atoms with Gasteiger partial charge >= 0.3 is 0 Å². The van der Waals surface area contributed by atoms with Gasteiger partial charge in [-0.1, -0.05) is 30.4 Å². The smallest absolute Gasteiger partial charge is 0.0482 e. The summed E-state index contributed by atoms with van der Waals surface area (Å²) in [4.78, 5) is 1.26. The second-order valence-corrected chi connectivity index (χ2v) is 5.30. The molecule has 3 heteroatoms. The van der Waals surface area contributed by atoms with Crippen LogP contribution in [0.15, 0.2) is 29.2 Å². The van der Waals surface area contributed by atoms with Gasteiger partial charge in [-0.25, -0.2) is 0 Å². The first-order valence-electron chi connectivity index (χ1n) is 3.45. The summed E-state index contributed by atoms with van der Waals surface area (Å²) < 4.78 is 0. The van der Waals surface area contributed by atoms with Gasteiger partial charge in [0.15, 0.2) is 0 Å². The van der Waals surface area contributed by atoms with E-state index in [0.29, 0.717) is 0 Å². The maximum absolute atomic E-state index is 4.83. The van der Waals surface area contributed by atoms with Crippen molar-refractivity contribution in [2.24, 2.45) is 0 Å². The molecule has 0 radical (unpaired) electrons. The summed E-state index contributed by atoms with van der Waals surface area (Å²) in [6, 6.07) is 8.57. The molecule has 0 atom stereocenters. The van der Waals surface area contributed by atoms with Gasteiger partial charge in [-0.15, -0.1) is 0 Å². The van der Waals surface area contributed by atoms with E-state index in [2.05, 4.69) is 31.2 Å². The summed E-state index contributed by atoms with van der Waals surface area (Å²) in [5, 5.41) is 0. The topological polar surface area (TPSA) is 0 Å². The molecule has 1 rings (SSSR count). The van der Waals surface area contributed by atoms with Crippen LogP contribution >= 0.6 is 17.9 Å². The molecule has 0 saturated carbocycles. The van der Waals surface area contributed by atoms with E-state index in [0.717, 1.165) is 13.0 Å². The highest BCUT2D eigenvalue weighted by atomic mass is 32.9. The maximum Gasteiger partial charge on any atom is 0.0482 e. The normalized spacial score (nSPS) is 10.3. The van der Waals surface area contributed by atoms with Crippen LogP contribution in [0.25, 0.3) is 0 Å². The monoisotopic (exact) mass is 200 g/mol. The molecule has 0 fully saturated rings. The molecule has 0 aliphatic rings. The van der Waals surface area contributed by atoms with E-state index in [1.54, 1.807) is 11.4 Å². The van der Waals surface area contributed by atoms with Crippen LogP contribution in [0.4, 0.5) is 0 Å². The minimum atomic E-state index is 0.950. The van der Waals surface area contributed by atoms with E-state index in [4.69, 9.17) is 11.8 Å². The number of rotatable bonds is 3. The van der Waals surface area contributed by atoms with Crippen molar-refractivity contribution in [3.05, 3.63) is 29.8 Å². The zero-order valence-electron chi connectivity index (χ0n) is 6.28. The van der Waals surface area contributed by atoms with Crippen LogP contribution in [0, 0.1) is 0 Å². The first kappa shape index (κ1) is 9.18. The largest absolute Gasteiger partial charge is 0.0613 e. The molecular weight excluding hydrogens is 191 g/mol. The van der Waals surface area contributed by atoms with Crippen molar-refractivity contribution >= 4 is 29.7 Å². The molecule has 0 saturated heterocycles. The number of aryl methyl sites for hydroxylation is 1. The highest BCUT2D eigenvalue weighted by Crippen LogP contribution is 2.28. The lowest BCUT2D eigenvalue weighted by atomic mass is 10.2. The maximum atomic E-state index is 4.83. The molecule has 0 unspecified atom stereocenters. The van der Waals surface area contributed by atoms with Crippen molar-refractivity contribution in [1.82, 2.24) is 0 Å². The zero-order valence-corrected chi connectivity index (χ0v) is 8.81. The minimum absolute atomic E-state index is 0.950. The van der Waals surface area contributed by atoms with Gasteiger partial charge in [-0.2, -0.15) is 0 Å². The molecule has 1 aromatic carbocycles. The van der Waals surface area contributed by atoms with Gasteiger partial charge in [0, 0.05) is 11.5 Å². The van der Waals surface area contributed by atoms with E-state index in [1.165, 1.54) is 10.5 Å². The molecule has 0 aliphatic carbocycles. The molecule has 0 aliphatic heterocycles. The molecule has 0 nitrogen and oxygen atoms in total. The van der Waals surface area contributed by atoms with Crippen molar-refractivity contribution in [1.29, 1.82) is 0 Å². The molecular formula is C8H9PS2. The average Bonchev–Trinajstić information content (AvgIpc) is 2.07. The lowest BCUT2D eigenvalue weighted by molar-refractivity contribution is 1.13. The number of hydrogen-bond donors (Lipinski definition) is 0. The van der Waals surface area contributed by atoms with E-state index >= 15 is 0 Å². The van der Waals surface area contributed by atoms with Crippen molar-refractivity contribution in [3.8, 4) is 0 Å². The summed E-state index contributed by atoms with van der Waals surface area (Å²) in [6.07, 6.45) is 1.11. The van der Waals surface area contributed by atoms with Gasteiger partial charge in [0.05, 0.1) is 0 Å². The molecule has 0 heterocycles. The molecule has 0 N–H and O–H groups in total. The highest BCUT2D eigenvalue weighted by molar-refractivity contribution is 8.58. The zero-order chi connectivity index (χ0) is 8.10. The van der Waals surface area contributed by atoms with Crippen LogP contribution in [-0.2, 0) is 18.2 Å². The average molecular weight is 200 g/mol. The van der Waals surface area contributed by atoms with Gasteiger partial charge in [0.2, 0.25) is 0 Å². The Morgan fingerprint density at radius 3 is 2.45 bits per heavy atom. The highest BCUT2D eigenvalue weighted by Gasteiger charge is 1.90. The first-order chi connectivity index (χ1) is 5.36. The first-order valence-corrected chi connectivity index (χ1v) is 6.78. The van der Waals surface area contributed by atoms with Crippen LogP contribution in [0.3, 0.4) is 0 Å². The number of hydrogen-bond acceptors (Lipinski definition) is 2. The Morgan fingerprint density at radius 1 is 1.36 bits per heavy atom. The van der Waals surface area contributed by atoms with Crippen LogP contribution in [0.2, 0.25) is 0 Å². The van der Waals surface area contributed by atoms with Crippen molar-refractivity contribution in [2.75, 3.05) is 0 Å². The molecule has 1 aromatic rings. The van der Waals surface area contributed by atoms with Gasteiger partial charge in [-0.3, -0.25) is 0 Å². The van der Waals surface area contributed by atoms with E-state index in [-0.39, 0.29) is 0 Å². The third-order valence-corrected chi connectivity index (χ3v) is 3.56. The molecule has 0 aromatic heterocycles. The Labute approximate surface area is 78.0 Å². The predicted octanol–water partition coefficient (Wildman–Crippen LogP) is 3.66. The standard InChI is InChI=1S/C8H9PS2/c1-2-7-3-5-8(6-4-7)11-9-10/h3-6H,2H2,1H3. The molecule has 0 bridgehead atoms. The Hall–Kier alpha value is 0.0900. The van der Waals surface area contributed by atoms with Crippen LogP contribution in [0.1, 0.15) is 12.5 Å². The number of benzene rings is 1. The minimum Gasteiger partial charge on any atom is -0.0613 e. The Balaban J connectivity index is 2.74. The van der Waals surface area contributed by atoms with Crippen molar-refractivity contribution in [3.63, 3.8) is 0 Å². The quantitative estimate of drug-likeness (QED) is 0.683. The predicted molar refractivity (Wildman–Crippen MR) is 56.0 cm³/mol. The van der Waals surface area contributed by atoms with Crippen molar-refractivity contribution in [2.45, 2.75) is 18.2 Å². The van der Waals surface area contributed by atoms with Gasteiger partial charge in [0.25, 0.3) is 0 Å². The van der Waals surface area contributed by atoms with Gasteiger partial charge < -0.3 is 0 Å². The molecule has 0 amide bonds. The Morgan fingerprint density at radius 2 is 2.00 bits per heavy atom. The summed E-state index contributed by atoms with van der Waals surface area (Å²) in [5.41, 5.74) is 1.38.